The van der Waals surface area contributed by atoms with Crippen LogP contribution in [0.15, 0.2) is 0 Å². The first-order valence-electron chi connectivity index (χ1n) is 6.36. The zero-order valence-corrected chi connectivity index (χ0v) is 10.7. The van der Waals surface area contributed by atoms with Gasteiger partial charge in [-0.1, -0.05) is 13.3 Å². The Morgan fingerprint density at radius 1 is 1.28 bits per heavy atom. The van der Waals surface area contributed by atoms with E-state index in [0.29, 0.717) is 19.4 Å². The number of aliphatic hydroxyl groups excluding tert-OH is 1. The number of carbonyl (C=O) groups excluding carboxylic acids is 1. The minimum Gasteiger partial charge on any atom is -0.393 e. The highest BCUT2D eigenvalue weighted by Crippen LogP contribution is 2.22. The summed E-state index contributed by atoms with van der Waals surface area (Å²) < 4.78 is 35.4. The van der Waals surface area contributed by atoms with Crippen molar-refractivity contribution in [2.45, 2.75) is 64.1 Å². The van der Waals surface area contributed by atoms with Gasteiger partial charge in [-0.3, -0.25) is 4.79 Å². The van der Waals surface area contributed by atoms with Crippen LogP contribution in [0.25, 0.3) is 0 Å². The fourth-order valence-corrected chi connectivity index (χ4v) is 1.56. The molecule has 0 radical (unpaired) electrons. The molecule has 0 saturated heterocycles. The molecule has 0 fully saturated rings. The lowest BCUT2D eigenvalue weighted by molar-refractivity contribution is -0.136. The highest BCUT2D eigenvalue weighted by molar-refractivity contribution is 5.75. The van der Waals surface area contributed by atoms with Crippen molar-refractivity contribution >= 4 is 5.91 Å². The lowest BCUT2D eigenvalue weighted by Crippen LogP contribution is -2.26. The third-order valence-electron chi connectivity index (χ3n) is 2.54. The van der Waals surface area contributed by atoms with Gasteiger partial charge in [0.1, 0.15) is 0 Å². The molecule has 0 aliphatic heterocycles. The molecule has 0 rings (SSSR count). The zero-order valence-electron chi connectivity index (χ0n) is 10.7. The summed E-state index contributed by atoms with van der Waals surface area (Å²) in [5, 5.41) is 12.0. The summed E-state index contributed by atoms with van der Waals surface area (Å²) in [6.07, 6.45) is -2.99. The molecule has 0 heterocycles. The first-order chi connectivity index (χ1) is 8.35. The predicted molar refractivity (Wildman–Crippen MR) is 63.1 cm³/mol. The monoisotopic (exact) mass is 269 g/mol. The molecule has 2 N–H and O–H groups in total. The number of unbranched alkanes of at least 4 members (excludes halogenated alkanes) is 1. The van der Waals surface area contributed by atoms with Crippen LogP contribution in [-0.2, 0) is 4.79 Å². The number of rotatable bonds is 9. The number of halogens is 3. The second kappa shape index (κ2) is 9.19. The van der Waals surface area contributed by atoms with Crippen molar-refractivity contribution in [3.63, 3.8) is 0 Å². The van der Waals surface area contributed by atoms with Crippen LogP contribution >= 0.6 is 0 Å². The summed E-state index contributed by atoms with van der Waals surface area (Å²) in [6.45, 7) is 2.34. The average molecular weight is 269 g/mol. The second-order valence-electron chi connectivity index (χ2n) is 4.40. The normalized spacial score (nSPS) is 13.4. The van der Waals surface area contributed by atoms with Gasteiger partial charge in [-0.2, -0.15) is 13.2 Å². The molecule has 18 heavy (non-hydrogen) atoms. The van der Waals surface area contributed by atoms with Gasteiger partial charge in [0.15, 0.2) is 0 Å². The van der Waals surface area contributed by atoms with E-state index in [0.717, 1.165) is 6.42 Å². The maximum absolute atomic E-state index is 11.8. The quantitative estimate of drug-likeness (QED) is 0.632. The predicted octanol–water partition coefficient (Wildman–Crippen LogP) is 2.78. The van der Waals surface area contributed by atoms with Gasteiger partial charge < -0.3 is 10.4 Å². The average Bonchev–Trinajstić information content (AvgIpc) is 2.23. The molecule has 1 amide bonds. The van der Waals surface area contributed by atoms with Gasteiger partial charge in [-0.15, -0.1) is 0 Å². The summed E-state index contributed by atoms with van der Waals surface area (Å²) in [6, 6.07) is 0. The van der Waals surface area contributed by atoms with Crippen LogP contribution in [0.1, 0.15) is 51.9 Å². The second-order valence-corrected chi connectivity index (χ2v) is 4.40. The molecule has 0 saturated carbocycles. The van der Waals surface area contributed by atoms with Crippen molar-refractivity contribution in [3.05, 3.63) is 0 Å². The van der Waals surface area contributed by atoms with Crippen LogP contribution in [0, 0.1) is 0 Å². The summed E-state index contributed by atoms with van der Waals surface area (Å²) in [5.74, 6) is -0.249. The molecule has 0 aliphatic rings. The Morgan fingerprint density at radius 3 is 2.50 bits per heavy atom. The fraction of sp³-hybridized carbons (Fsp3) is 0.917. The lowest BCUT2D eigenvalue weighted by Gasteiger charge is -2.10. The summed E-state index contributed by atoms with van der Waals surface area (Å²) >= 11 is 0. The molecule has 0 aromatic heterocycles. The number of hydrogen-bond donors (Lipinski definition) is 2. The Morgan fingerprint density at radius 2 is 1.94 bits per heavy atom. The van der Waals surface area contributed by atoms with Crippen molar-refractivity contribution in [1.82, 2.24) is 5.32 Å². The van der Waals surface area contributed by atoms with E-state index in [9.17, 15) is 23.1 Å². The van der Waals surface area contributed by atoms with Gasteiger partial charge in [0.05, 0.1) is 6.10 Å². The molecule has 0 spiro atoms. The molecule has 1 atom stereocenters. The number of hydrogen-bond acceptors (Lipinski definition) is 2. The van der Waals surface area contributed by atoms with Gasteiger partial charge >= 0.3 is 6.18 Å². The maximum Gasteiger partial charge on any atom is 0.389 e. The van der Waals surface area contributed by atoms with Crippen LogP contribution in [0.2, 0.25) is 0 Å². The standard InChI is InChI=1S/C12H22F3NO2/c1-2-5-10(17)7-9-16-11(18)6-3-4-8-12(13,14)15/h10,17H,2-9H2,1H3,(H,16,18). The van der Waals surface area contributed by atoms with Crippen LogP contribution in [-0.4, -0.2) is 29.8 Å². The maximum atomic E-state index is 11.8. The van der Waals surface area contributed by atoms with Crippen LogP contribution < -0.4 is 5.32 Å². The molecule has 0 bridgehead atoms. The minimum atomic E-state index is -4.14. The highest BCUT2D eigenvalue weighted by Gasteiger charge is 2.25. The van der Waals surface area contributed by atoms with Crippen molar-refractivity contribution in [3.8, 4) is 0 Å². The van der Waals surface area contributed by atoms with Gasteiger partial charge in [0.2, 0.25) is 5.91 Å². The third kappa shape index (κ3) is 11.7. The Bertz CT molecular complexity index is 232. The summed E-state index contributed by atoms with van der Waals surface area (Å²) in [5.41, 5.74) is 0. The van der Waals surface area contributed by atoms with Crippen LogP contribution in [0.3, 0.4) is 0 Å². The molecule has 1 unspecified atom stereocenters. The summed E-state index contributed by atoms with van der Waals surface area (Å²) in [4.78, 5) is 11.2. The van der Waals surface area contributed by atoms with Gasteiger partial charge in [0, 0.05) is 19.4 Å². The topological polar surface area (TPSA) is 49.3 Å². The highest BCUT2D eigenvalue weighted by atomic mass is 19.4. The SMILES string of the molecule is CCCC(O)CCNC(=O)CCCCC(F)(F)F. The van der Waals surface area contributed by atoms with Crippen molar-refractivity contribution in [2.24, 2.45) is 0 Å². The van der Waals surface area contributed by atoms with Crippen molar-refractivity contribution in [1.29, 1.82) is 0 Å². The van der Waals surface area contributed by atoms with E-state index < -0.39 is 18.7 Å². The zero-order chi connectivity index (χ0) is 14.0. The molecule has 0 aromatic carbocycles. The summed E-state index contributed by atoms with van der Waals surface area (Å²) in [7, 11) is 0. The van der Waals surface area contributed by atoms with Crippen molar-refractivity contribution < 1.29 is 23.1 Å². The first-order valence-corrected chi connectivity index (χ1v) is 6.36. The van der Waals surface area contributed by atoms with E-state index in [4.69, 9.17) is 0 Å². The Kier molecular flexibility index (Phi) is 8.79. The Balaban J connectivity index is 3.43. The van der Waals surface area contributed by atoms with E-state index >= 15 is 0 Å². The Labute approximate surface area is 106 Å². The Hall–Kier alpha value is -0.780. The minimum absolute atomic E-state index is 0.0185. The molecule has 0 aromatic rings. The first kappa shape index (κ1) is 17.2. The van der Waals surface area contributed by atoms with Gasteiger partial charge in [0.25, 0.3) is 0 Å². The van der Waals surface area contributed by atoms with E-state index in [1.54, 1.807) is 0 Å². The molecule has 3 nitrogen and oxygen atoms in total. The third-order valence-corrected chi connectivity index (χ3v) is 2.54. The molecule has 108 valence electrons. The van der Waals surface area contributed by atoms with E-state index in [1.807, 2.05) is 6.92 Å². The number of aliphatic hydroxyl groups is 1. The number of amides is 1. The van der Waals surface area contributed by atoms with E-state index in [2.05, 4.69) is 5.32 Å². The smallest absolute Gasteiger partial charge is 0.389 e. The molecule has 0 aliphatic carbocycles. The van der Waals surface area contributed by atoms with Crippen LogP contribution in [0.4, 0.5) is 13.2 Å². The van der Waals surface area contributed by atoms with Crippen molar-refractivity contribution in [2.75, 3.05) is 6.54 Å². The van der Waals surface area contributed by atoms with Gasteiger partial charge in [-0.25, -0.2) is 0 Å². The molecule has 6 heteroatoms. The largest absolute Gasteiger partial charge is 0.393 e. The van der Waals surface area contributed by atoms with E-state index in [-0.39, 0.29) is 25.2 Å². The number of alkyl halides is 3. The lowest BCUT2D eigenvalue weighted by atomic mass is 10.1. The molecular weight excluding hydrogens is 247 g/mol. The number of nitrogens with one attached hydrogen (secondary N) is 1. The number of carbonyl (C=O) groups is 1. The van der Waals surface area contributed by atoms with E-state index in [1.165, 1.54) is 0 Å². The van der Waals surface area contributed by atoms with Gasteiger partial charge in [-0.05, 0) is 25.7 Å². The molecular formula is C12H22F3NO2. The fourth-order valence-electron chi connectivity index (χ4n) is 1.56. The van der Waals surface area contributed by atoms with Crippen LogP contribution in [0.5, 0.6) is 0 Å².